The van der Waals surface area contributed by atoms with Crippen LogP contribution in [0.1, 0.15) is 49.7 Å². The molecule has 17 heavy (non-hydrogen) atoms. The van der Waals surface area contributed by atoms with E-state index in [9.17, 15) is 0 Å². The zero-order valence-electron chi connectivity index (χ0n) is 11.7. The van der Waals surface area contributed by atoms with Crippen LogP contribution in [0.25, 0.3) is 0 Å². The third-order valence-electron chi connectivity index (χ3n) is 3.96. The van der Waals surface area contributed by atoms with Gasteiger partial charge < -0.3 is 5.32 Å². The second kappa shape index (κ2) is 4.81. The van der Waals surface area contributed by atoms with E-state index in [4.69, 9.17) is 5.10 Å². The van der Waals surface area contributed by atoms with Gasteiger partial charge in [0.05, 0.1) is 11.7 Å². The molecule has 1 aliphatic rings. The first-order chi connectivity index (χ1) is 8.00. The van der Waals surface area contributed by atoms with Crippen LogP contribution in [0.5, 0.6) is 0 Å². The van der Waals surface area contributed by atoms with Crippen LogP contribution in [0, 0.1) is 26.7 Å². The van der Waals surface area contributed by atoms with E-state index in [1.165, 1.54) is 29.8 Å². The molecule has 0 aromatic carbocycles. The minimum Gasteiger partial charge on any atom is -0.312 e. The highest BCUT2D eigenvalue weighted by Crippen LogP contribution is 2.24. The monoisotopic (exact) mass is 235 g/mol. The minimum absolute atomic E-state index is 0.475. The van der Waals surface area contributed by atoms with Crippen molar-refractivity contribution < 1.29 is 0 Å². The Balaban J connectivity index is 2.15. The highest BCUT2D eigenvalue weighted by Gasteiger charge is 2.25. The molecule has 0 spiro atoms. The van der Waals surface area contributed by atoms with Crippen LogP contribution in [0.4, 0.5) is 0 Å². The average Bonchev–Trinajstić information content (AvgIpc) is 3.05. The van der Waals surface area contributed by atoms with Crippen molar-refractivity contribution in [2.45, 2.75) is 59.5 Å². The largest absolute Gasteiger partial charge is 0.312 e. The lowest BCUT2D eigenvalue weighted by Crippen LogP contribution is -2.31. The van der Waals surface area contributed by atoms with Gasteiger partial charge in [-0.05, 0) is 45.1 Å². The molecule has 0 amide bonds. The quantitative estimate of drug-likeness (QED) is 0.850. The SMILES string of the molecule is Cc1nn(C(CNC2CC2)C(C)C)c(C)c1C. The van der Waals surface area contributed by atoms with Crippen LogP contribution >= 0.6 is 0 Å². The predicted octanol–water partition coefficient (Wildman–Crippen LogP) is 2.76. The summed E-state index contributed by atoms with van der Waals surface area (Å²) in [6, 6.07) is 1.25. The lowest BCUT2D eigenvalue weighted by molar-refractivity contribution is 0.323. The van der Waals surface area contributed by atoms with Crippen LogP contribution in [-0.2, 0) is 0 Å². The molecule has 0 bridgehead atoms. The van der Waals surface area contributed by atoms with Crippen molar-refractivity contribution in [3.05, 3.63) is 17.0 Å². The van der Waals surface area contributed by atoms with E-state index in [1.807, 2.05) is 0 Å². The van der Waals surface area contributed by atoms with Crippen molar-refractivity contribution in [3.8, 4) is 0 Å². The molecule has 0 saturated heterocycles. The van der Waals surface area contributed by atoms with Crippen molar-refractivity contribution in [2.75, 3.05) is 6.54 Å². The molecule has 1 saturated carbocycles. The second-order valence-electron chi connectivity index (χ2n) is 5.73. The molecule has 3 heteroatoms. The predicted molar refractivity (Wildman–Crippen MR) is 71.3 cm³/mol. The number of aryl methyl sites for hydroxylation is 1. The zero-order chi connectivity index (χ0) is 12.6. The van der Waals surface area contributed by atoms with Gasteiger partial charge in [-0.2, -0.15) is 5.10 Å². The summed E-state index contributed by atoms with van der Waals surface area (Å²) in [7, 11) is 0. The first-order valence-corrected chi connectivity index (χ1v) is 6.76. The van der Waals surface area contributed by atoms with Gasteiger partial charge in [0, 0.05) is 18.3 Å². The second-order valence-corrected chi connectivity index (χ2v) is 5.73. The molecule has 1 heterocycles. The van der Waals surface area contributed by atoms with Crippen LogP contribution in [-0.4, -0.2) is 22.4 Å². The smallest absolute Gasteiger partial charge is 0.0669 e. The molecular formula is C14H25N3. The fourth-order valence-electron chi connectivity index (χ4n) is 2.25. The first kappa shape index (κ1) is 12.6. The molecule has 3 nitrogen and oxygen atoms in total. The number of nitrogens with zero attached hydrogens (tertiary/aromatic N) is 2. The van der Waals surface area contributed by atoms with Crippen molar-refractivity contribution in [1.29, 1.82) is 0 Å². The summed E-state index contributed by atoms with van der Waals surface area (Å²) in [5.74, 6) is 0.610. The van der Waals surface area contributed by atoms with Gasteiger partial charge in [-0.1, -0.05) is 13.8 Å². The van der Waals surface area contributed by atoms with E-state index in [-0.39, 0.29) is 0 Å². The van der Waals surface area contributed by atoms with Gasteiger partial charge in [-0.15, -0.1) is 0 Å². The van der Waals surface area contributed by atoms with Gasteiger partial charge in [0.15, 0.2) is 0 Å². The normalized spacial score (nSPS) is 17.8. The first-order valence-electron chi connectivity index (χ1n) is 6.76. The lowest BCUT2D eigenvalue weighted by atomic mass is 10.0. The number of rotatable bonds is 5. The molecule has 1 aromatic heterocycles. The lowest BCUT2D eigenvalue weighted by Gasteiger charge is -2.23. The summed E-state index contributed by atoms with van der Waals surface area (Å²) >= 11 is 0. The fraction of sp³-hybridized carbons (Fsp3) is 0.786. The summed E-state index contributed by atoms with van der Waals surface area (Å²) in [5.41, 5.74) is 3.82. The van der Waals surface area contributed by atoms with Crippen molar-refractivity contribution in [2.24, 2.45) is 5.92 Å². The Morgan fingerprint density at radius 1 is 1.29 bits per heavy atom. The Kier molecular flexibility index (Phi) is 3.57. The molecule has 1 N–H and O–H groups in total. The molecule has 2 rings (SSSR count). The Morgan fingerprint density at radius 2 is 1.94 bits per heavy atom. The third-order valence-corrected chi connectivity index (χ3v) is 3.96. The summed E-state index contributed by atoms with van der Waals surface area (Å²) < 4.78 is 2.23. The van der Waals surface area contributed by atoms with Gasteiger partial charge in [-0.25, -0.2) is 0 Å². The van der Waals surface area contributed by atoms with E-state index in [0.717, 1.165) is 12.6 Å². The molecule has 0 radical (unpaired) electrons. The van der Waals surface area contributed by atoms with Crippen molar-refractivity contribution >= 4 is 0 Å². The molecular weight excluding hydrogens is 210 g/mol. The summed E-state index contributed by atoms with van der Waals surface area (Å²) in [5, 5.41) is 8.34. The molecule has 1 aromatic rings. The Bertz CT molecular complexity index is 388. The topological polar surface area (TPSA) is 29.9 Å². The molecule has 0 aliphatic heterocycles. The summed E-state index contributed by atoms with van der Waals surface area (Å²) in [6.07, 6.45) is 2.70. The van der Waals surface area contributed by atoms with E-state index in [2.05, 4.69) is 44.6 Å². The maximum atomic E-state index is 4.71. The van der Waals surface area contributed by atoms with Gasteiger partial charge >= 0.3 is 0 Å². The summed E-state index contributed by atoms with van der Waals surface area (Å²) in [4.78, 5) is 0. The maximum Gasteiger partial charge on any atom is 0.0669 e. The molecule has 96 valence electrons. The number of hydrogen-bond donors (Lipinski definition) is 1. The van der Waals surface area contributed by atoms with Crippen LogP contribution in [0.3, 0.4) is 0 Å². The Morgan fingerprint density at radius 3 is 2.35 bits per heavy atom. The minimum atomic E-state index is 0.475. The van der Waals surface area contributed by atoms with Crippen LogP contribution < -0.4 is 5.32 Å². The van der Waals surface area contributed by atoms with Crippen molar-refractivity contribution in [1.82, 2.24) is 15.1 Å². The van der Waals surface area contributed by atoms with Gasteiger partial charge in [-0.3, -0.25) is 4.68 Å². The van der Waals surface area contributed by atoms with E-state index in [0.29, 0.717) is 12.0 Å². The molecule has 1 atom stereocenters. The highest BCUT2D eigenvalue weighted by atomic mass is 15.3. The van der Waals surface area contributed by atoms with Crippen LogP contribution in [0.15, 0.2) is 0 Å². The molecule has 1 unspecified atom stereocenters. The van der Waals surface area contributed by atoms with Gasteiger partial charge in [0.1, 0.15) is 0 Å². The average molecular weight is 235 g/mol. The third kappa shape index (κ3) is 2.71. The summed E-state index contributed by atoms with van der Waals surface area (Å²) in [6.45, 7) is 12.1. The van der Waals surface area contributed by atoms with Crippen LogP contribution in [0.2, 0.25) is 0 Å². The molecule has 1 fully saturated rings. The standard InChI is InChI=1S/C14H25N3/c1-9(2)14(8-15-13-6-7-13)17-12(5)10(3)11(4)16-17/h9,13-15H,6-8H2,1-5H3. The maximum absolute atomic E-state index is 4.71. The fourth-order valence-corrected chi connectivity index (χ4v) is 2.25. The number of nitrogens with one attached hydrogen (secondary N) is 1. The van der Waals surface area contributed by atoms with Gasteiger partial charge in [0.2, 0.25) is 0 Å². The van der Waals surface area contributed by atoms with Gasteiger partial charge in [0.25, 0.3) is 0 Å². The number of hydrogen-bond acceptors (Lipinski definition) is 2. The molecule has 1 aliphatic carbocycles. The Hall–Kier alpha value is -0.830. The van der Waals surface area contributed by atoms with E-state index >= 15 is 0 Å². The zero-order valence-corrected chi connectivity index (χ0v) is 11.7. The van der Waals surface area contributed by atoms with Crippen molar-refractivity contribution in [3.63, 3.8) is 0 Å². The highest BCUT2D eigenvalue weighted by molar-refractivity contribution is 5.22. The van der Waals surface area contributed by atoms with E-state index in [1.54, 1.807) is 0 Å². The number of aromatic nitrogens is 2. The van der Waals surface area contributed by atoms with E-state index < -0.39 is 0 Å². The Labute approximate surface area is 105 Å².